The lowest BCUT2D eigenvalue weighted by Gasteiger charge is -2.15. The van der Waals surface area contributed by atoms with Gasteiger partial charge in [0.2, 0.25) is 5.91 Å². The number of rotatable bonds is 9. The normalized spacial score (nSPS) is 11.8. The smallest absolute Gasteiger partial charge is 0.273 e. The molecule has 0 aliphatic rings. The summed E-state index contributed by atoms with van der Waals surface area (Å²) in [5.74, 6) is 0.749. The predicted octanol–water partition coefficient (Wildman–Crippen LogP) is 3.47. The van der Waals surface area contributed by atoms with E-state index in [1.54, 1.807) is 43.5 Å². The van der Waals surface area contributed by atoms with Gasteiger partial charge in [-0.25, -0.2) is 5.43 Å². The molecule has 28 heavy (non-hydrogen) atoms. The molecule has 0 aliphatic heterocycles. The van der Waals surface area contributed by atoms with Gasteiger partial charge in [0.15, 0.2) is 11.5 Å². The Kier molecular flexibility index (Phi) is 7.50. The Morgan fingerprint density at radius 2 is 2.04 bits per heavy atom. The Bertz CT molecular complexity index is 867. The zero-order chi connectivity index (χ0) is 20.5. The molecule has 148 valence electrons. The zero-order valence-corrected chi connectivity index (χ0v) is 16.0. The lowest BCUT2D eigenvalue weighted by molar-refractivity contribution is -0.385. The summed E-state index contributed by atoms with van der Waals surface area (Å²) in [6.07, 6.45) is 2.26. The molecular weight excluding hydrogens is 362 g/mol. The molecule has 0 aliphatic carbocycles. The Morgan fingerprint density at radius 1 is 1.29 bits per heavy atom. The highest BCUT2D eigenvalue weighted by Gasteiger charge is 2.15. The molecule has 0 saturated carbocycles. The standard InChI is InChI=1S/C20H23N3O5/c1-4-14(2)28-18-10-9-15(11-19(18)27-3)13-21-22-20(24)12-16-7-5-6-8-17(16)23(25)26/h5-11,13-14H,4,12H2,1-3H3,(H,22,24). The molecule has 1 unspecified atom stereocenters. The maximum Gasteiger partial charge on any atom is 0.273 e. The van der Waals surface area contributed by atoms with Crippen molar-refractivity contribution in [2.24, 2.45) is 5.10 Å². The molecule has 2 aromatic carbocycles. The first-order valence-corrected chi connectivity index (χ1v) is 8.83. The van der Waals surface area contributed by atoms with E-state index in [0.717, 1.165) is 6.42 Å². The summed E-state index contributed by atoms with van der Waals surface area (Å²) in [5.41, 5.74) is 3.32. The molecule has 1 atom stereocenters. The zero-order valence-electron chi connectivity index (χ0n) is 16.0. The maximum atomic E-state index is 12.0. The van der Waals surface area contributed by atoms with E-state index in [2.05, 4.69) is 10.5 Å². The highest BCUT2D eigenvalue weighted by molar-refractivity contribution is 5.84. The number of hydrogen-bond donors (Lipinski definition) is 1. The summed E-state index contributed by atoms with van der Waals surface area (Å²) in [6.45, 7) is 4.01. The van der Waals surface area contributed by atoms with Crippen molar-refractivity contribution in [2.45, 2.75) is 32.8 Å². The van der Waals surface area contributed by atoms with Gasteiger partial charge in [0.25, 0.3) is 5.69 Å². The average Bonchev–Trinajstić information content (AvgIpc) is 2.69. The second-order valence-corrected chi connectivity index (χ2v) is 6.10. The molecule has 8 nitrogen and oxygen atoms in total. The van der Waals surface area contributed by atoms with E-state index in [9.17, 15) is 14.9 Å². The van der Waals surface area contributed by atoms with E-state index >= 15 is 0 Å². The third kappa shape index (κ3) is 5.80. The minimum absolute atomic E-state index is 0.0646. The van der Waals surface area contributed by atoms with Gasteiger partial charge in [0.1, 0.15) is 0 Å². The number of ether oxygens (including phenoxy) is 2. The molecule has 8 heteroatoms. The lowest BCUT2D eigenvalue weighted by Crippen LogP contribution is -2.20. The summed E-state index contributed by atoms with van der Waals surface area (Å²) in [7, 11) is 1.55. The fourth-order valence-electron chi connectivity index (χ4n) is 2.39. The number of hydrazone groups is 1. The largest absolute Gasteiger partial charge is 0.493 e. The van der Waals surface area contributed by atoms with Gasteiger partial charge in [-0.2, -0.15) is 5.10 Å². The van der Waals surface area contributed by atoms with Gasteiger partial charge in [-0.3, -0.25) is 14.9 Å². The molecule has 0 radical (unpaired) electrons. The first-order valence-electron chi connectivity index (χ1n) is 8.83. The van der Waals surface area contributed by atoms with Gasteiger partial charge in [-0.15, -0.1) is 0 Å². The lowest BCUT2D eigenvalue weighted by atomic mass is 10.1. The number of nitrogens with one attached hydrogen (secondary N) is 1. The van der Waals surface area contributed by atoms with Crippen LogP contribution in [0.4, 0.5) is 5.69 Å². The van der Waals surface area contributed by atoms with Crippen LogP contribution in [-0.2, 0) is 11.2 Å². The Balaban J connectivity index is 2.00. The molecular formula is C20H23N3O5. The minimum Gasteiger partial charge on any atom is -0.493 e. The molecule has 0 aromatic heterocycles. The van der Waals surface area contributed by atoms with Crippen LogP contribution in [0.25, 0.3) is 0 Å². The van der Waals surface area contributed by atoms with Gasteiger partial charge in [0.05, 0.1) is 30.8 Å². The van der Waals surface area contributed by atoms with Crippen molar-refractivity contribution >= 4 is 17.8 Å². The molecule has 0 bridgehead atoms. The Morgan fingerprint density at radius 3 is 2.71 bits per heavy atom. The number of amides is 1. The van der Waals surface area contributed by atoms with E-state index in [1.165, 1.54) is 12.3 Å². The topological polar surface area (TPSA) is 103 Å². The summed E-state index contributed by atoms with van der Waals surface area (Å²) < 4.78 is 11.1. The number of nitrogens with zero attached hydrogens (tertiary/aromatic N) is 2. The van der Waals surface area contributed by atoms with Crippen LogP contribution in [0, 0.1) is 10.1 Å². The summed E-state index contributed by atoms with van der Waals surface area (Å²) in [4.78, 5) is 22.5. The van der Waals surface area contributed by atoms with Crippen LogP contribution in [0.3, 0.4) is 0 Å². The Hall–Kier alpha value is -3.42. The van der Waals surface area contributed by atoms with Crippen molar-refractivity contribution in [3.8, 4) is 11.5 Å². The van der Waals surface area contributed by atoms with Crippen molar-refractivity contribution in [1.29, 1.82) is 0 Å². The quantitative estimate of drug-likeness (QED) is 0.404. The predicted molar refractivity (Wildman–Crippen MR) is 106 cm³/mol. The first-order chi connectivity index (χ1) is 13.4. The van der Waals surface area contributed by atoms with Crippen molar-refractivity contribution in [3.05, 3.63) is 63.7 Å². The van der Waals surface area contributed by atoms with Crippen molar-refractivity contribution in [1.82, 2.24) is 5.43 Å². The number of carbonyl (C=O) groups excluding carboxylic acids is 1. The number of hydrogen-bond acceptors (Lipinski definition) is 6. The highest BCUT2D eigenvalue weighted by Crippen LogP contribution is 2.28. The van der Waals surface area contributed by atoms with Crippen LogP contribution in [0.2, 0.25) is 0 Å². The van der Waals surface area contributed by atoms with Crippen molar-refractivity contribution in [2.75, 3.05) is 7.11 Å². The van der Waals surface area contributed by atoms with E-state index < -0.39 is 10.8 Å². The third-order valence-electron chi connectivity index (χ3n) is 4.03. The molecule has 0 heterocycles. The number of nitro benzene ring substituents is 1. The van der Waals surface area contributed by atoms with Crippen LogP contribution in [0.5, 0.6) is 11.5 Å². The fourth-order valence-corrected chi connectivity index (χ4v) is 2.39. The van der Waals surface area contributed by atoms with Crippen LogP contribution in [-0.4, -0.2) is 30.3 Å². The molecule has 0 fully saturated rings. The van der Waals surface area contributed by atoms with E-state index in [4.69, 9.17) is 9.47 Å². The van der Waals surface area contributed by atoms with Crippen molar-refractivity contribution < 1.29 is 19.2 Å². The molecule has 2 rings (SSSR count). The number of carbonyl (C=O) groups is 1. The number of para-hydroxylation sites is 1. The minimum atomic E-state index is -0.513. The first kappa shape index (κ1) is 20.9. The average molecular weight is 385 g/mol. The monoisotopic (exact) mass is 385 g/mol. The molecule has 1 amide bonds. The van der Waals surface area contributed by atoms with Crippen LogP contribution >= 0.6 is 0 Å². The van der Waals surface area contributed by atoms with Gasteiger partial charge >= 0.3 is 0 Å². The van der Waals surface area contributed by atoms with Gasteiger partial charge < -0.3 is 9.47 Å². The Labute approximate surface area is 163 Å². The van der Waals surface area contributed by atoms with Gasteiger partial charge in [-0.05, 0) is 37.1 Å². The molecule has 2 aromatic rings. The number of nitro groups is 1. The number of benzene rings is 2. The fraction of sp³-hybridized carbons (Fsp3) is 0.300. The van der Waals surface area contributed by atoms with Gasteiger partial charge in [-0.1, -0.05) is 25.1 Å². The summed E-state index contributed by atoms with van der Waals surface area (Å²) in [5, 5.41) is 14.9. The second-order valence-electron chi connectivity index (χ2n) is 6.10. The highest BCUT2D eigenvalue weighted by atomic mass is 16.6. The van der Waals surface area contributed by atoms with E-state index in [1.807, 2.05) is 13.8 Å². The third-order valence-corrected chi connectivity index (χ3v) is 4.03. The second kappa shape index (κ2) is 10.1. The van der Waals surface area contributed by atoms with Gasteiger partial charge in [0, 0.05) is 11.6 Å². The van der Waals surface area contributed by atoms with E-state index in [0.29, 0.717) is 22.6 Å². The maximum absolute atomic E-state index is 12.0. The van der Waals surface area contributed by atoms with E-state index in [-0.39, 0.29) is 18.2 Å². The number of methoxy groups -OCH3 is 1. The molecule has 1 N–H and O–H groups in total. The summed E-state index contributed by atoms with van der Waals surface area (Å²) in [6, 6.07) is 11.4. The van der Waals surface area contributed by atoms with Crippen molar-refractivity contribution in [3.63, 3.8) is 0 Å². The van der Waals surface area contributed by atoms with Crippen LogP contribution in [0.1, 0.15) is 31.4 Å². The molecule has 0 spiro atoms. The van der Waals surface area contributed by atoms with Crippen LogP contribution in [0.15, 0.2) is 47.6 Å². The van der Waals surface area contributed by atoms with Crippen LogP contribution < -0.4 is 14.9 Å². The molecule has 0 saturated heterocycles. The summed E-state index contributed by atoms with van der Waals surface area (Å²) >= 11 is 0. The SMILES string of the molecule is CCC(C)Oc1ccc(C=NNC(=O)Cc2ccccc2[N+](=O)[O-])cc1OC.